The van der Waals surface area contributed by atoms with Crippen LogP contribution < -0.4 is 5.32 Å². The van der Waals surface area contributed by atoms with Gasteiger partial charge in [0.25, 0.3) is 0 Å². The van der Waals surface area contributed by atoms with Crippen molar-refractivity contribution in [2.45, 2.75) is 32.7 Å². The van der Waals surface area contributed by atoms with E-state index >= 15 is 0 Å². The van der Waals surface area contributed by atoms with Crippen LogP contribution in [0.5, 0.6) is 0 Å². The highest BCUT2D eigenvalue weighted by Crippen LogP contribution is 2.31. The molecule has 0 aliphatic carbocycles. The third-order valence-corrected chi connectivity index (χ3v) is 4.74. The summed E-state index contributed by atoms with van der Waals surface area (Å²) in [5.41, 5.74) is 1.84. The van der Waals surface area contributed by atoms with Crippen molar-refractivity contribution in [1.29, 1.82) is 0 Å². The maximum absolute atomic E-state index is 12.2. The molecule has 3 heterocycles. The number of aryl methyl sites for hydroxylation is 2. The summed E-state index contributed by atoms with van der Waals surface area (Å²) in [4.78, 5) is 27.6. The van der Waals surface area contributed by atoms with E-state index < -0.39 is 0 Å². The number of hydrogen-bond donors (Lipinski definition) is 1. The second-order valence-corrected chi connectivity index (χ2v) is 6.71. The molecule has 1 atom stereocenters. The van der Waals surface area contributed by atoms with Gasteiger partial charge in [0, 0.05) is 30.8 Å². The zero-order valence-corrected chi connectivity index (χ0v) is 14.9. The molecule has 128 valence electrons. The number of carbonyl (C=O) groups is 1. The highest BCUT2D eigenvalue weighted by molar-refractivity contribution is 7.13. The molecule has 2 aromatic rings. The number of aromatic nitrogens is 3. The predicted molar refractivity (Wildman–Crippen MR) is 92.5 cm³/mol. The number of hydrogen-bond acceptors (Lipinski definition) is 7. The minimum Gasteiger partial charge on any atom is -0.375 e. The molecule has 2 aromatic heterocycles. The van der Waals surface area contributed by atoms with Gasteiger partial charge in [-0.15, -0.1) is 11.3 Å². The van der Waals surface area contributed by atoms with Gasteiger partial charge in [-0.2, -0.15) is 0 Å². The van der Waals surface area contributed by atoms with Crippen LogP contribution in [0.3, 0.4) is 0 Å². The number of anilines is 2. The van der Waals surface area contributed by atoms with E-state index in [4.69, 9.17) is 4.74 Å². The van der Waals surface area contributed by atoms with E-state index in [1.54, 1.807) is 0 Å². The molecule has 1 aliphatic rings. The van der Waals surface area contributed by atoms with Crippen molar-refractivity contribution in [3.63, 3.8) is 0 Å². The van der Waals surface area contributed by atoms with E-state index in [1.165, 1.54) is 18.4 Å². The molecule has 7 nitrogen and oxygen atoms in total. The van der Waals surface area contributed by atoms with Crippen LogP contribution >= 0.6 is 11.3 Å². The van der Waals surface area contributed by atoms with E-state index in [0.29, 0.717) is 11.6 Å². The second kappa shape index (κ2) is 7.23. The smallest absolute Gasteiger partial charge is 0.249 e. The van der Waals surface area contributed by atoms with Crippen molar-refractivity contribution in [3.8, 4) is 0 Å². The van der Waals surface area contributed by atoms with Gasteiger partial charge in [-0.1, -0.05) is 0 Å². The molecule has 1 saturated heterocycles. The van der Waals surface area contributed by atoms with Crippen molar-refractivity contribution in [2.24, 2.45) is 0 Å². The maximum Gasteiger partial charge on any atom is 0.249 e. The predicted octanol–water partition coefficient (Wildman–Crippen LogP) is 2.60. The van der Waals surface area contributed by atoms with Gasteiger partial charge >= 0.3 is 0 Å². The molecule has 24 heavy (non-hydrogen) atoms. The average Bonchev–Trinajstić information content (AvgIpc) is 3.16. The van der Waals surface area contributed by atoms with Crippen LogP contribution in [0, 0.1) is 13.8 Å². The topological polar surface area (TPSA) is 80.2 Å². The van der Waals surface area contributed by atoms with Gasteiger partial charge in [-0.3, -0.25) is 4.79 Å². The summed E-state index contributed by atoms with van der Waals surface area (Å²) in [6, 6.07) is 1.79. The van der Waals surface area contributed by atoms with Crippen LogP contribution in [0.4, 0.5) is 10.9 Å². The van der Waals surface area contributed by atoms with Gasteiger partial charge < -0.3 is 15.0 Å². The Kier molecular flexibility index (Phi) is 5.06. The molecule has 0 aromatic carbocycles. The molecule has 0 saturated carbocycles. The van der Waals surface area contributed by atoms with Gasteiger partial charge in [-0.25, -0.2) is 15.0 Å². The molecule has 1 fully saturated rings. The number of carbonyl (C=O) groups excluding carboxylic acids is 1. The van der Waals surface area contributed by atoms with Crippen LogP contribution in [-0.2, 0) is 9.53 Å². The number of rotatable bonds is 5. The number of ether oxygens (including phenoxy) is 1. The summed E-state index contributed by atoms with van der Waals surface area (Å²) < 4.78 is 4.98. The molecular formula is C16H21N5O2S. The lowest BCUT2D eigenvalue weighted by molar-refractivity contribution is -0.136. The molecule has 1 amide bonds. The minimum absolute atomic E-state index is 0.0184. The quantitative estimate of drug-likeness (QED) is 0.895. The summed E-state index contributed by atoms with van der Waals surface area (Å²) in [5, 5.41) is 6.01. The normalized spacial score (nSPS) is 17.3. The molecule has 0 bridgehead atoms. The van der Waals surface area contributed by atoms with Gasteiger partial charge in [-0.05, 0) is 26.7 Å². The van der Waals surface area contributed by atoms with E-state index in [1.807, 2.05) is 30.2 Å². The van der Waals surface area contributed by atoms with Crippen LogP contribution in [0.25, 0.3) is 0 Å². The first-order chi connectivity index (χ1) is 11.6. The van der Waals surface area contributed by atoms with E-state index in [0.717, 1.165) is 35.9 Å². The third-order valence-electron chi connectivity index (χ3n) is 3.86. The fourth-order valence-corrected chi connectivity index (χ4v) is 3.56. The Morgan fingerprint density at radius 1 is 1.38 bits per heavy atom. The number of nitrogens with one attached hydrogen (secondary N) is 1. The summed E-state index contributed by atoms with van der Waals surface area (Å²) in [7, 11) is 1.53. The SMILES string of the molecule is COCC(=O)N1CCC[C@H]1c1nc(C)cc(Nc2nc(C)cs2)n1. The molecule has 3 rings (SSSR count). The lowest BCUT2D eigenvalue weighted by Gasteiger charge is -2.23. The Morgan fingerprint density at radius 2 is 2.21 bits per heavy atom. The number of thiazole rings is 1. The zero-order chi connectivity index (χ0) is 17.1. The summed E-state index contributed by atoms with van der Waals surface area (Å²) >= 11 is 1.54. The first-order valence-electron chi connectivity index (χ1n) is 7.90. The standard InChI is InChI=1S/C16H21N5O2S/c1-10-7-13(20-16-18-11(2)9-24-16)19-15(17-10)12-5-4-6-21(12)14(22)8-23-3/h7,9,12H,4-6,8H2,1-3H3,(H,17,18,19,20)/t12-/m0/s1. The van der Waals surface area contributed by atoms with Crippen molar-refractivity contribution in [2.75, 3.05) is 25.6 Å². The molecule has 0 radical (unpaired) electrons. The Bertz CT molecular complexity index is 733. The Hall–Kier alpha value is -2.06. The van der Waals surface area contributed by atoms with Crippen molar-refractivity contribution in [1.82, 2.24) is 19.9 Å². The zero-order valence-electron chi connectivity index (χ0n) is 14.1. The summed E-state index contributed by atoms with van der Waals surface area (Å²) in [6.45, 7) is 4.69. The van der Waals surface area contributed by atoms with Crippen LogP contribution in [0.15, 0.2) is 11.4 Å². The molecule has 1 aliphatic heterocycles. The maximum atomic E-state index is 12.2. The molecule has 0 unspecified atom stereocenters. The lowest BCUT2D eigenvalue weighted by Crippen LogP contribution is -2.34. The number of nitrogens with zero attached hydrogens (tertiary/aromatic N) is 4. The highest BCUT2D eigenvalue weighted by atomic mass is 32.1. The minimum atomic E-state index is -0.0915. The molecule has 0 spiro atoms. The number of likely N-dealkylation sites (tertiary alicyclic amines) is 1. The molecular weight excluding hydrogens is 326 g/mol. The van der Waals surface area contributed by atoms with Crippen LogP contribution in [-0.4, -0.2) is 46.0 Å². The second-order valence-electron chi connectivity index (χ2n) is 5.85. The molecule has 1 N–H and O–H groups in total. The van der Waals surface area contributed by atoms with E-state index in [9.17, 15) is 4.79 Å². The highest BCUT2D eigenvalue weighted by Gasteiger charge is 2.32. The van der Waals surface area contributed by atoms with Gasteiger partial charge in [0.2, 0.25) is 5.91 Å². The van der Waals surface area contributed by atoms with Crippen molar-refractivity contribution < 1.29 is 9.53 Å². The summed E-state index contributed by atoms with van der Waals surface area (Å²) in [6.07, 6.45) is 1.82. The average molecular weight is 347 g/mol. The Morgan fingerprint density at radius 3 is 2.92 bits per heavy atom. The lowest BCUT2D eigenvalue weighted by atomic mass is 10.2. The first kappa shape index (κ1) is 16.8. The Balaban J connectivity index is 1.83. The number of methoxy groups -OCH3 is 1. The van der Waals surface area contributed by atoms with Crippen LogP contribution in [0.2, 0.25) is 0 Å². The van der Waals surface area contributed by atoms with E-state index in [2.05, 4.69) is 20.3 Å². The largest absolute Gasteiger partial charge is 0.375 e. The van der Waals surface area contributed by atoms with Gasteiger partial charge in [0.15, 0.2) is 11.0 Å². The summed E-state index contributed by atoms with van der Waals surface area (Å²) in [5.74, 6) is 1.36. The third kappa shape index (κ3) is 3.70. The van der Waals surface area contributed by atoms with Gasteiger partial charge in [0.1, 0.15) is 12.4 Å². The molecule has 8 heteroatoms. The number of amides is 1. The van der Waals surface area contributed by atoms with Gasteiger partial charge in [0.05, 0.1) is 11.7 Å². The Labute approximate surface area is 145 Å². The fourth-order valence-electron chi connectivity index (χ4n) is 2.87. The van der Waals surface area contributed by atoms with Crippen LogP contribution in [0.1, 0.15) is 36.1 Å². The van der Waals surface area contributed by atoms with E-state index in [-0.39, 0.29) is 18.6 Å². The van der Waals surface area contributed by atoms with Crippen molar-refractivity contribution >= 4 is 28.2 Å². The monoisotopic (exact) mass is 347 g/mol. The fraction of sp³-hybridized carbons (Fsp3) is 0.500. The first-order valence-corrected chi connectivity index (χ1v) is 8.78. The van der Waals surface area contributed by atoms with Crippen molar-refractivity contribution in [3.05, 3.63) is 28.7 Å².